The van der Waals surface area contributed by atoms with Gasteiger partial charge in [0.25, 0.3) is 0 Å². The van der Waals surface area contributed by atoms with E-state index in [0.29, 0.717) is 0 Å². The summed E-state index contributed by atoms with van der Waals surface area (Å²) in [4.78, 5) is 0. The molecule has 11 N–H and O–H groups in total. The van der Waals surface area contributed by atoms with Gasteiger partial charge in [0.1, 0.15) is 73.2 Å². The number of hydrogen-bond donors (Lipinski definition) is 11. The number of rotatable bonds is 7. The Balaban J connectivity index is 1.59. The molecule has 3 heterocycles. The third kappa shape index (κ3) is 5.52. The van der Waals surface area contributed by atoms with Crippen molar-refractivity contribution in [1.29, 1.82) is 0 Å². The van der Waals surface area contributed by atoms with Gasteiger partial charge in [0.15, 0.2) is 18.9 Å². The SMILES string of the molecule is OC[C@H]1O[C@H](OC[C@H]2OC(O)[C@@H](O[C@H]3O[C@H](CO)[C@@H](O)[C@H](O)[C@@H]3O)[C@@H](O)[C@@H]2O)[C@@H](O)[C@@H](O)[C@@H]1O. The lowest BCUT2D eigenvalue weighted by Gasteiger charge is -2.45. The Hall–Kier alpha value is -0.640. The molecule has 3 aliphatic heterocycles. The van der Waals surface area contributed by atoms with E-state index in [1.54, 1.807) is 0 Å². The fourth-order valence-electron chi connectivity index (χ4n) is 3.94. The lowest BCUT2D eigenvalue weighted by molar-refractivity contribution is -0.366. The second-order valence-electron chi connectivity index (χ2n) is 8.37. The summed E-state index contributed by atoms with van der Waals surface area (Å²) in [6, 6.07) is 0. The maximum atomic E-state index is 10.4. The van der Waals surface area contributed by atoms with E-state index in [0.717, 1.165) is 0 Å². The van der Waals surface area contributed by atoms with Crippen LogP contribution in [0.25, 0.3) is 0 Å². The molecule has 3 saturated heterocycles. The Labute approximate surface area is 192 Å². The molecule has 0 aromatic carbocycles. The monoisotopic (exact) mass is 504 g/mol. The van der Waals surface area contributed by atoms with Crippen molar-refractivity contribution in [2.45, 2.75) is 92.1 Å². The van der Waals surface area contributed by atoms with Crippen LogP contribution in [0.3, 0.4) is 0 Å². The van der Waals surface area contributed by atoms with Crippen molar-refractivity contribution >= 4 is 0 Å². The minimum Gasteiger partial charge on any atom is -0.394 e. The van der Waals surface area contributed by atoms with E-state index in [1.165, 1.54) is 0 Å². The van der Waals surface area contributed by atoms with E-state index in [-0.39, 0.29) is 0 Å². The van der Waals surface area contributed by atoms with Crippen molar-refractivity contribution in [2.75, 3.05) is 19.8 Å². The summed E-state index contributed by atoms with van der Waals surface area (Å²) in [7, 11) is 0. The van der Waals surface area contributed by atoms with E-state index in [9.17, 15) is 56.2 Å². The quantitative estimate of drug-likeness (QED) is 0.154. The van der Waals surface area contributed by atoms with Crippen LogP contribution >= 0.6 is 0 Å². The molecule has 0 aliphatic carbocycles. The van der Waals surface area contributed by atoms with Gasteiger partial charge in [-0.3, -0.25) is 0 Å². The second kappa shape index (κ2) is 11.6. The van der Waals surface area contributed by atoms with Crippen LogP contribution < -0.4 is 0 Å². The maximum absolute atomic E-state index is 10.4. The molecule has 200 valence electrons. The highest BCUT2D eigenvalue weighted by atomic mass is 16.7. The Morgan fingerprint density at radius 3 is 1.50 bits per heavy atom. The van der Waals surface area contributed by atoms with E-state index < -0.39 is 112 Å². The van der Waals surface area contributed by atoms with Gasteiger partial charge in [0, 0.05) is 0 Å². The summed E-state index contributed by atoms with van der Waals surface area (Å²) in [6.07, 6.45) is -24.8. The van der Waals surface area contributed by atoms with Gasteiger partial charge in [0.05, 0.1) is 19.8 Å². The predicted molar refractivity (Wildman–Crippen MR) is 101 cm³/mol. The van der Waals surface area contributed by atoms with Crippen molar-refractivity contribution in [2.24, 2.45) is 0 Å². The Kier molecular flexibility index (Phi) is 9.54. The fraction of sp³-hybridized carbons (Fsp3) is 1.00. The van der Waals surface area contributed by atoms with Crippen LogP contribution in [-0.2, 0) is 23.7 Å². The first-order valence-electron chi connectivity index (χ1n) is 10.6. The molecule has 0 saturated carbocycles. The zero-order chi connectivity index (χ0) is 25.3. The van der Waals surface area contributed by atoms with Crippen LogP contribution in [0, 0.1) is 0 Å². The van der Waals surface area contributed by atoms with Gasteiger partial charge in [-0.25, -0.2) is 0 Å². The Morgan fingerprint density at radius 2 is 0.971 bits per heavy atom. The number of hydrogen-bond acceptors (Lipinski definition) is 16. The normalized spacial score (nSPS) is 52.5. The second-order valence-corrected chi connectivity index (χ2v) is 8.37. The Bertz CT molecular complexity index is 635. The van der Waals surface area contributed by atoms with Gasteiger partial charge in [-0.05, 0) is 0 Å². The molecule has 0 radical (unpaired) electrons. The summed E-state index contributed by atoms with van der Waals surface area (Å²) < 4.78 is 26.0. The van der Waals surface area contributed by atoms with Crippen LogP contribution in [0.2, 0.25) is 0 Å². The van der Waals surface area contributed by atoms with Crippen molar-refractivity contribution < 1.29 is 79.9 Å². The molecule has 15 atom stereocenters. The molecule has 0 amide bonds. The van der Waals surface area contributed by atoms with E-state index >= 15 is 0 Å². The van der Waals surface area contributed by atoms with E-state index in [1.807, 2.05) is 0 Å². The van der Waals surface area contributed by atoms with Crippen molar-refractivity contribution in [1.82, 2.24) is 0 Å². The summed E-state index contributed by atoms with van der Waals surface area (Å²) >= 11 is 0. The lowest BCUT2D eigenvalue weighted by Crippen LogP contribution is -2.64. The lowest BCUT2D eigenvalue weighted by atomic mass is 9.97. The summed E-state index contributed by atoms with van der Waals surface area (Å²) in [5.74, 6) is 0. The standard InChI is InChI=1S/C18H32O16/c19-1-4-7(21)10(24)13(27)17(32-4)30-3-6-9(23)12(26)15(16(29)31-6)34-18-14(28)11(25)8(22)5(2-20)33-18/h4-29H,1-3H2/t4-,5-,6-,7-,8-,9-,10+,11+,12+,13+,14+,15+,16?,17+,18-/m1/s1. The third-order valence-electron chi connectivity index (χ3n) is 6.08. The highest BCUT2D eigenvalue weighted by molar-refractivity contribution is 4.94. The molecule has 0 aromatic rings. The highest BCUT2D eigenvalue weighted by Gasteiger charge is 2.51. The molecule has 3 rings (SSSR count). The van der Waals surface area contributed by atoms with Crippen LogP contribution in [0.5, 0.6) is 0 Å². The van der Waals surface area contributed by atoms with Gasteiger partial charge in [-0.15, -0.1) is 0 Å². The fourth-order valence-corrected chi connectivity index (χ4v) is 3.94. The molecular formula is C18H32O16. The van der Waals surface area contributed by atoms with Crippen LogP contribution in [0.1, 0.15) is 0 Å². The van der Waals surface area contributed by atoms with Crippen molar-refractivity contribution in [3.05, 3.63) is 0 Å². The van der Waals surface area contributed by atoms with Gasteiger partial charge in [0.2, 0.25) is 0 Å². The van der Waals surface area contributed by atoms with Crippen molar-refractivity contribution in [3.8, 4) is 0 Å². The van der Waals surface area contributed by atoms with Gasteiger partial charge in [-0.2, -0.15) is 0 Å². The predicted octanol–water partition coefficient (Wildman–Crippen LogP) is -7.57. The number of aliphatic hydroxyl groups excluding tert-OH is 11. The minimum atomic E-state index is -1.92. The zero-order valence-corrected chi connectivity index (χ0v) is 17.7. The van der Waals surface area contributed by atoms with Gasteiger partial charge >= 0.3 is 0 Å². The maximum Gasteiger partial charge on any atom is 0.187 e. The first-order chi connectivity index (χ1) is 16.0. The highest BCUT2D eigenvalue weighted by Crippen LogP contribution is 2.29. The molecule has 0 aromatic heterocycles. The molecule has 16 nitrogen and oxygen atoms in total. The Morgan fingerprint density at radius 1 is 0.500 bits per heavy atom. The first-order valence-corrected chi connectivity index (χ1v) is 10.6. The largest absolute Gasteiger partial charge is 0.394 e. The van der Waals surface area contributed by atoms with Gasteiger partial charge in [-0.1, -0.05) is 0 Å². The first kappa shape index (κ1) is 27.9. The molecule has 3 aliphatic rings. The minimum absolute atomic E-state index is 0.593. The van der Waals surface area contributed by atoms with Crippen LogP contribution in [-0.4, -0.2) is 168 Å². The average Bonchev–Trinajstić information content (AvgIpc) is 2.82. The molecule has 1 unspecified atom stereocenters. The van der Waals surface area contributed by atoms with Crippen molar-refractivity contribution in [3.63, 3.8) is 0 Å². The summed E-state index contributed by atoms with van der Waals surface area (Å²) in [6.45, 7) is -2.02. The van der Waals surface area contributed by atoms with E-state index in [4.69, 9.17) is 23.7 Å². The molecule has 0 bridgehead atoms. The summed E-state index contributed by atoms with van der Waals surface area (Å²) in [5.41, 5.74) is 0. The number of aliphatic hydroxyl groups is 11. The number of ether oxygens (including phenoxy) is 5. The zero-order valence-electron chi connectivity index (χ0n) is 17.7. The summed E-state index contributed by atoms with van der Waals surface area (Å²) in [5, 5.41) is 109. The molecule has 34 heavy (non-hydrogen) atoms. The topological polar surface area (TPSA) is 269 Å². The van der Waals surface area contributed by atoms with E-state index in [2.05, 4.69) is 0 Å². The van der Waals surface area contributed by atoms with Crippen LogP contribution in [0.4, 0.5) is 0 Å². The smallest absolute Gasteiger partial charge is 0.187 e. The van der Waals surface area contributed by atoms with Crippen LogP contribution in [0.15, 0.2) is 0 Å². The molecule has 16 heteroatoms. The van der Waals surface area contributed by atoms with Gasteiger partial charge < -0.3 is 79.9 Å². The average molecular weight is 504 g/mol. The third-order valence-corrected chi connectivity index (χ3v) is 6.08. The molecule has 0 spiro atoms. The molecule has 3 fully saturated rings. The molecular weight excluding hydrogens is 472 g/mol.